The van der Waals surface area contributed by atoms with Crippen molar-refractivity contribution in [2.45, 2.75) is 44.9 Å². The highest BCUT2D eigenvalue weighted by Gasteiger charge is 2.32. The first-order valence-corrected chi connectivity index (χ1v) is 8.84. The second-order valence-corrected chi connectivity index (χ2v) is 7.18. The summed E-state index contributed by atoms with van der Waals surface area (Å²) in [5.74, 6) is 0.377. The highest BCUT2D eigenvalue weighted by molar-refractivity contribution is 5.17. The van der Waals surface area contributed by atoms with Crippen LogP contribution < -0.4 is 0 Å². The number of halogens is 2. The van der Waals surface area contributed by atoms with Crippen molar-refractivity contribution in [3.63, 3.8) is 0 Å². The van der Waals surface area contributed by atoms with Gasteiger partial charge in [0.25, 0.3) is 0 Å². The molecule has 1 aromatic carbocycles. The van der Waals surface area contributed by atoms with Crippen molar-refractivity contribution in [2.75, 3.05) is 26.2 Å². The Labute approximate surface area is 137 Å². The molecule has 0 N–H and O–H groups in total. The molecule has 0 bridgehead atoms. The van der Waals surface area contributed by atoms with Crippen LogP contribution in [-0.2, 0) is 11.2 Å². The molecule has 23 heavy (non-hydrogen) atoms. The minimum atomic E-state index is -0.812. The Kier molecular flexibility index (Phi) is 5.65. The quantitative estimate of drug-likeness (QED) is 0.835. The number of piperidine rings is 1. The summed E-state index contributed by atoms with van der Waals surface area (Å²) in [6.07, 6.45) is 3.36. The molecule has 128 valence electrons. The molecule has 2 nitrogen and oxygen atoms in total. The average Bonchev–Trinajstić information content (AvgIpc) is 2.54. The zero-order valence-electron chi connectivity index (χ0n) is 13.9. The lowest BCUT2D eigenvalue weighted by molar-refractivity contribution is -0.0492. The summed E-state index contributed by atoms with van der Waals surface area (Å²) >= 11 is 0. The predicted molar refractivity (Wildman–Crippen MR) is 87.7 cm³/mol. The van der Waals surface area contributed by atoms with Gasteiger partial charge in [-0.1, -0.05) is 19.1 Å². The summed E-state index contributed by atoms with van der Waals surface area (Å²) in [5.41, 5.74) is 1.02. The topological polar surface area (TPSA) is 12.5 Å². The molecule has 4 heteroatoms. The number of likely N-dealkylation sites (tertiary alicyclic amines) is 1. The van der Waals surface area contributed by atoms with Crippen LogP contribution in [0.5, 0.6) is 0 Å². The first-order valence-electron chi connectivity index (χ1n) is 8.84. The number of hydrogen-bond donors (Lipinski definition) is 0. The van der Waals surface area contributed by atoms with Gasteiger partial charge in [-0.05, 0) is 61.8 Å². The highest BCUT2D eigenvalue weighted by atomic mass is 19.1. The number of nitrogens with zero attached hydrogens (tertiary/aromatic N) is 1. The van der Waals surface area contributed by atoms with Gasteiger partial charge in [-0.3, -0.25) is 4.90 Å². The SMILES string of the molecule is CC1CCCOC1CN1CCC(Cc2ccc(F)cc2)C(F)C1. The minimum Gasteiger partial charge on any atom is -0.377 e. The fourth-order valence-electron chi connectivity index (χ4n) is 3.81. The van der Waals surface area contributed by atoms with Gasteiger partial charge in [-0.15, -0.1) is 0 Å². The van der Waals surface area contributed by atoms with Gasteiger partial charge >= 0.3 is 0 Å². The molecule has 2 aliphatic heterocycles. The van der Waals surface area contributed by atoms with Gasteiger partial charge in [-0.2, -0.15) is 0 Å². The largest absolute Gasteiger partial charge is 0.377 e. The third-order valence-electron chi connectivity index (χ3n) is 5.38. The van der Waals surface area contributed by atoms with Crippen molar-refractivity contribution in [3.8, 4) is 0 Å². The Morgan fingerprint density at radius 3 is 2.70 bits per heavy atom. The van der Waals surface area contributed by atoms with Crippen molar-refractivity contribution in [3.05, 3.63) is 35.6 Å². The van der Waals surface area contributed by atoms with E-state index in [0.717, 1.165) is 38.1 Å². The van der Waals surface area contributed by atoms with Gasteiger partial charge in [0.2, 0.25) is 0 Å². The lowest BCUT2D eigenvalue weighted by Crippen LogP contribution is -2.47. The van der Waals surface area contributed by atoms with E-state index in [4.69, 9.17) is 4.74 Å². The maximum Gasteiger partial charge on any atom is 0.123 e. The summed E-state index contributed by atoms with van der Waals surface area (Å²) in [5, 5.41) is 0. The summed E-state index contributed by atoms with van der Waals surface area (Å²) in [4.78, 5) is 2.22. The Bertz CT molecular complexity index is 493. The number of hydrogen-bond acceptors (Lipinski definition) is 2. The molecule has 2 fully saturated rings. The van der Waals surface area contributed by atoms with Crippen LogP contribution in [0.2, 0.25) is 0 Å². The fraction of sp³-hybridized carbons (Fsp3) is 0.684. The van der Waals surface area contributed by atoms with E-state index in [2.05, 4.69) is 11.8 Å². The smallest absolute Gasteiger partial charge is 0.123 e. The second kappa shape index (κ2) is 7.71. The van der Waals surface area contributed by atoms with Gasteiger partial charge in [0.05, 0.1) is 6.10 Å². The van der Waals surface area contributed by atoms with Crippen LogP contribution in [0.25, 0.3) is 0 Å². The molecule has 0 aliphatic carbocycles. The summed E-state index contributed by atoms with van der Waals surface area (Å²) in [7, 11) is 0. The van der Waals surface area contributed by atoms with Crippen LogP contribution in [0.1, 0.15) is 31.7 Å². The fourth-order valence-corrected chi connectivity index (χ4v) is 3.81. The van der Waals surface area contributed by atoms with Crippen LogP contribution in [0.15, 0.2) is 24.3 Å². The molecule has 3 rings (SSSR count). The van der Waals surface area contributed by atoms with Crippen LogP contribution in [0.4, 0.5) is 8.78 Å². The zero-order valence-corrected chi connectivity index (χ0v) is 13.9. The van der Waals surface area contributed by atoms with Crippen molar-refractivity contribution in [1.29, 1.82) is 0 Å². The maximum atomic E-state index is 14.6. The van der Waals surface area contributed by atoms with Crippen molar-refractivity contribution < 1.29 is 13.5 Å². The van der Waals surface area contributed by atoms with Gasteiger partial charge in [0, 0.05) is 19.7 Å². The molecule has 4 unspecified atom stereocenters. The van der Waals surface area contributed by atoms with Crippen LogP contribution >= 0.6 is 0 Å². The maximum absolute atomic E-state index is 14.6. The van der Waals surface area contributed by atoms with E-state index in [-0.39, 0.29) is 17.8 Å². The molecule has 0 aromatic heterocycles. The Hall–Kier alpha value is -1.00. The molecule has 2 aliphatic rings. The molecule has 1 aromatic rings. The Balaban J connectivity index is 1.49. The number of benzene rings is 1. The molecule has 0 amide bonds. The Morgan fingerprint density at radius 2 is 2.00 bits per heavy atom. The number of rotatable bonds is 4. The molecule has 0 spiro atoms. The minimum absolute atomic E-state index is 0.0430. The lowest BCUT2D eigenvalue weighted by Gasteiger charge is -2.39. The highest BCUT2D eigenvalue weighted by Crippen LogP contribution is 2.27. The van der Waals surface area contributed by atoms with Gasteiger partial charge in [0.15, 0.2) is 0 Å². The van der Waals surface area contributed by atoms with E-state index < -0.39 is 6.17 Å². The van der Waals surface area contributed by atoms with E-state index in [1.54, 1.807) is 12.1 Å². The van der Waals surface area contributed by atoms with Crippen molar-refractivity contribution >= 4 is 0 Å². The van der Waals surface area contributed by atoms with Crippen molar-refractivity contribution in [1.82, 2.24) is 4.90 Å². The average molecular weight is 323 g/mol. The number of alkyl halides is 1. The lowest BCUT2D eigenvalue weighted by atomic mass is 9.88. The molecular formula is C19H27F2NO. The van der Waals surface area contributed by atoms with Gasteiger partial charge in [0.1, 0.15) is 12.0 Å². The molecule has 0 saturated carbocycles. The summed E-state index contributed by atoms with van der Waals surface area (Å²) < 4.78 is 33.4. The van der Waals surface area contributed by atoms with E-state index in [1.807, 2.05) is 0 Å². The normalized spacial score (nSPS) is 32.8. The molecule has 2 saturated heterocycles. The first-order chi connectivity index (χ1) is 11.1. The second-order valence-electron chi connectivity index (χ2n) is 7.18. The monoisotopic (exact) mass is 323 g/mol. The summed E-state index contributed by atoms with van der Waals surface area (Å²) in [6.45, 7) is 5.36. The van der Waals surface area contributed by atoms with E-state index >= 15 is 0 Å². The zero-order chi connectivity index (χ0) is 16.2. The molecule has 4 atom stereocenters. The standard InChI is InChI=1S/C19H27F2NO/c1-14-3-2-10-23-19(14)13-22-9-8-16(18(21)12-22)11-15-4-6-17(20)7-5-15/h4-7,14,16,18-19H,2-3,8-13H2,1H3. The van der Waals surface area contributed by atoms with E-state index in [9.17, 15) is 8.78 Å². The van der Waals surface area contributed by atoms with Crippen molar-refractivity contribution in [2.24, 2.45) is 11.8 Å². The van der Waals surface area contributed by atoms with E-state index in [1.165, 1.54) is 18.6 Å². The van der Waals surface area contributed by atoms with Crippen LogP contribution in [0.3, 0.4) is 0 Å². The molecular weight excluding hydrogens is 296 g/mol. The van der Waals surface area contributed by atoms with Gasteiger partial charge in [-0.25, -0.2) is 8.78 Å². The van der Waals surface area contributed by atoms with Crippen LogP contribution in [0, 0.1) is 17.7 Å². The van der Waals surface area contributed by atoms with Crippen LogP contribution in [-0.4, -0.2) is 43.4 Å². The third kappa shape index (κ3) is 4.51. The number of ether oxygens (including phenoxy) is 1. The van der Waals surface area contributed by atoms with Gasteiger partial charge < -0.3 is 4.74 Å². The molecule has 0 radical (unpaired) electrons. The third-order valence-corrected chi connectivity index (χ3v) is 5.38. The summed E-state index contributed by atoms with van der Waals surface area (Å²) in [6, 6.07) is 6.46. The predicted octanol–water partition coefficient (Wildman–Crippen LogP) is 3.84. The first kappa shape index (κ1) is 16.8. The molecule has 2 heterocycles. The Morgan fingerprint density at radius 1 is 1.22 bits per heavy atom. The van der Waals surface area contributed by atoms with E-state index in [0.29, 0.717) is 18.9 Å².